The molecule has 0 atom stereocenters. The van der Waals surface area contributed by atoms with Crippen LogP contribution < -0.4 is 10.6 Å². The molecule has 0 bridgehead atoms. The molecule has 0 unspecified atom stereocenters. The second kappa shape index (κ2) is 5.66. The van der Waals surface area contributed by atoms with Crippen molar-refractivity contribution in [3.05, 3.63) is 12.7 Å². The van der Waals surface area contributed by atoms with E-state index in [0.29, 0.717) is 13.0 Å². The van der Waals surface area contributed by atoms with E-state index in [1.807, 2.05) is 0 Å². The molecule has 1 aliphatic heterocycles. The molecule has 0 spiro atoms. The zero-order valence-electron chi connectivity index (χ0n) is 10.8. The van der Waals surface area contributed by atoms with E-state index >= 15 is 0 Å². The van der Waals surface area contributed by atoms with Crippen LogP contribution in [0.4, 0.5) is 4.79 Å². The van der Waals surface area contributed by atoms with Crippen LogP contribution in [0.15, 0.2) is 12.7 Å². The van der Waals surface area contributed by atoms with Crippen molar-refractivity contribution in [2.45, 2.75) is 32.2 Å². The summed E-state index contributed by atoms with van der Waals surface area (Å²) in [6.45, 7) is 7.44. The number of nitrogens with zero attached hydrogens (tertiary/aromatic N) is 1. The Hall–Kier alpha value is -1.85. The molecule has 0 aromatic carbocycles. The monoisotopic (exact) mass is 253 g/mol. The van der Waals surface area contributed by atoms with Crippen molar-refractivity contribution in [1.29, 1.82) is 0 Å². The summed E-state index contributed by atoms with van der Waals surface area (Å²) in [6, 6.07) is -0.441. The number of urea groups is 1. The van der Waals surface area contributed by atoms with Gasteiger partial charge in [-0.25, -0.2) is 4.79 Å². The second-order valence-electron chi connectivity index (χ2n) is 4.69. The largest absolute Gasteiger partial charge is 0.356 e. The van der Waals surface area contributed by atoms with E-state index in [1.165, 1.54) is 0 Å². The number of hydrogen-bond acceptors (Lipinski definition) is 3. The zero-order chi connectivity index (χ0) is 13.8. The summed E-state index contributed by atoms with van der Waals surface area (Å²) in [5.41, 5.74) is -0.879. The minimum absolute atomic E-state index is 0.105. The molecule has 1 aliphatic rings. The van der Waals surface area contributed by atoms with Crippen LogP contribution in [0.3, 0.4) is 0 Å². The summed E-state index contributed by atoms with van der Waals surface area (Å²) in [6.07, 6.45) is 2.52. The van der Waals surface area contributed by atoms with Gasteiger partial charge in [-0.1, -0.05) is 6.08 Å². The Morgan fingerprint density at radius 1 is 1.50 bits per heavy atom. The Bertz CT molecular complexity index is 377. The Labute approximate surface area is 106 Å². The molecule has 2 N–H and O–H groups in total. The van der Waals surface area contributed by atoms with Crippen LogP contribution in [0.1, 0.15) is 26.7 Å². The Balaban J connectivity index is 2.40. The fourth-order valence-corrected chi connectivity index (χ4v) is 1.64. The number of amides is 4. The fourth-order valence-electron chi connectivity index (χ4n) is 1.64. The van der Waals surface area contributed by atoms with Crippen molar-refractivity contribution in [2.75, 3.05) is 13.1 Å². The molecule has 0 radical (unpaired) electrons. The Kier molecular flexibility index (Phi) is 4.47. The van der Waals surface area contributed by atoms with Gasteiger partial charge in [-0.15, -0.1) is 6.58 Å². The third-order valence-corrected chi connectivity index (χ3v) is 2.68. The normalized spacial score (nSPS) is 17.6. The van der Waals surface area contributed by atoms with E-state index in [0.717, 1.165) is 4.90 Å². The van der Waals surface area contributed by atoms with Crippen molar-refractivity contribution in [3.8, 4) is 0 Å². The summed E-state index contributed by atoms with van der Waals surface area (Å²) in [5.74, 6) is -0.478. The highest BCUT2D eigenvalue weighted by Crippen LogP contribution is 2.16. The van der Waals surface area contributed by atoms with Gasteiger partial charge in [-0.05, 0) is 20.3 Å². The van der Waals surface area contributed by atoms with Gasteiger partial charge < -0.3 is 10.6 Å². The van der Waals surface area contributed by atoms with Gasteiger partial charge in [0.2, 0.25) is 5.91 Å². The first kappa shape index (κ1) is 14.2. The first-order chi connectivity index (χ1) is 8.38. The molecule has 0 aliphatic carbocycles. The Morgan fingerprint density at radius 3 is 2.67 bits per heavy atom. The van der Waals surface area contributed by atoms with E-state index in [-0.39, 0.29) is 24.8 Å². The molecular formula is C12H19N3O3. The number of hydrogen-bond donors (Lipinski definition) is 2. The van der Waals surface area contributed by atoms with Crippen LogP contribution in [0.5, 0.6) is 0 Å². The number of nitrogens with one attached hydrogen (secondary N) is 2. The maximum atomic E-state index is 11.8. The van der Waals surface area contributed by atoms with Crippen molar-refractivity contribution >= 4 is 17.8 Å². The smallest absolute Gasteiger partial charge is 0.325 e. The van der Waals surface area contributed by atoms with Crippen molar-refractivity contribution in [3.63, 3.8) is 0 Å². The molecule has 4 amide bonds. The highest BCUT2D eigenvalue weighted by molar-refractivity contribution is 6.06. The van der Waals surface area contributed by atoms with Gasteiger partial charge in [0.1, 0.15) is 5.54 Å². The molecule has 1 rings (SSSR count). The predicted molar refractivity (Wildman–Crippen MR) is 66.8 cm³/mol. The lowest BCUT2D eigenvalue weighted by Crippen LogP contribution is -2.40. The van der Waals surface area contributed by atoms with E-state index in [1.54, 1.807) is 19.9 Å². The molecule has 1 fully saturated rings. The molecule has 100 valence electrons. The van der Waals surface area contributed by atoms with Crippen molar-refractivity contribution in [1.82, 2.24) is 15.5 Å². The third kappa shape index (κ3) is 3.32. The number of imide groups is 1. The van der Waals surface area contributed by atoms with Gasteiger partial charge in [-0.3, -0.25) is 14.5 Å². The van der Waals surface area contributed by atoms with Gasteiger partial charge in [-0.2, -0.15) is 0 Å². The number of carbonyl (C=O) groups excluding carboxylic acids is 3. The van der Waals surface area contributed by atoms with Crippen LogP contribution in [0.25, 0.3) is 0 Å². The maximum Gasteiger partial charge on any atom is 0.325 e. The van der Waals surface area contributed by atoms with E-state index in [4.69, 9.17) is 0 Å². The number of rotatable bonds is 6. The molecule has 6 heteroatoms. The molecule has 0 aromatic heterocycles. The number of carbonyl (C=O) groups is 3. The van der Waals surface area contributed by atoms with Crippen molar-refractivity contribution in [2.24, 2.45) is 0 Å². The quantitative estimate of drug-likeness (QED) is 0.408. The average Bonchev–Trinajstić information content (AvgIpc) is 2.47. The lowest BCUT2D eigenvalue weighted by Gasteiger charge is -2.15. The molecule has 18 heavy (non-hydrogen) atoms. The van der Waals surface area contributed by atoms with Gasteiger partial charge in [0.15, 0.2) is 0 Å². The van der Waals surface area contributed by atoms with Gasteiger partial charge in [0.05, 0.1) is 0 Å². The summed E-state index contributed by atoms with van der Waals surface area (Å²) in [7, 11) is 0. The lowest BCUT2D eigenvalue weighted by atomic mass is 10.1. The van der Waals surface area contributed by atoms with Crippen LogP contribution in [-0.4, -0.2) is 41.4 Å². The molecule has 6 nitrogen and oxygen atoms in total. The maximum absolute atomic E-state index is 11.8. The van der Waals surface area contributed by atoms with Crippen LogP contribution >= 0.6 is 0 Å². The predicted octanol–water partition coefficient (Wildman–Crippen LogP) is 0.399. The fraction of sp³-hybridized carbons (Fsp3) is 0.583. The molecule has 0 saturated carbocycles. The highest BCUT2D eigenvalue weighted by Gasteiger charge is 2.43. The Morgan fingerprint density at radius 2 is 2.17 bits per heavy atom. The minimum atomic E-state index is -0.879. The van der Waals surface area contributed by atoms with Crippen LogP contribution in [0, 0.1) is 0 Å². The summed E-state index contributed by atoms with van der Waals surface area (Å²) in [4.78, 5) is 35.8. The van der Waals surface area contributed by atoms with Gasteiger partial charge in [0.25, 0.3) is 5.91 Å². The standard InChI is InChI=1S/C12H19N3O3/c1-4-5-7-13-9(16)6-8-15-10(17)12(2,3)14-11(15)18/h4H,1,5-8H2,2-3H3,(H,13,16)(H,14,18). The van der Waals surface area contributed by atoms with Crippen molar-refractivity contribution < 1.29 is 14.4 Å². The second-order valence-corrected chi connectivity index (χ2v) is 4.69. The van der Waals surface area contributed by atoms with Gasteiger partial charge in [0, 0.05) is 19.5 Å². The first-order valence-corrected chi connectivity index (χ1v) is 5.90. The first-order valence-electron chi connectivity index (χ1n) is 5.90. The summed E-state index contributed by atoms with van der Waals surface area (Å²) >= 11 is 0. The molecule has 0 aromatic rings. The van der Waals surface area contributed by atoms with Gasteiger partial charge >= 0.3 is 6.03 Å². The third-order valence-electron chi connectivity index (χ3n) is 2.68. The topological polar surface area (TPSA) is 78.5 Å². The minimum Gasteiger partial charge on any atom is -0.356 e. The van der Waals surface area contributed by atoms with Crippen LogP contribution in [0.2, 0.25) is 0 Å². The zero-order valence-corrected chi connectivity index (χ0v) is 10.8. The van der Waals surface area contributed by atoms with E-state index < -0.39 is 11.6 Å². The summed E-state index contributed by atoms with van der Waals surface area (Å²) < 4.78 is 0. The average molecular weight is 253 g/mol. The summed E-state index contributed by atoms with van der Waals surface area (Å²) in [5, 5.41) is 5.24. The molecule has 1 heterocycles. The van der Waals surface area contributed by atoms with E-state index in [9.17, 15) is 14.4 Å². The molecular weight excluding hydrogens is 234 g/mol. The highest BCUT2D eigenvalue weighted by atomic mass is 16.2. The van der Waals surface area contributed by atoms with Crippen LogP contribution in [-0.2, 0) is 9.59 Å². The SMILES string of the molecule is C=CCCNC(=O)CCN1C(=O)NC(C)(C)C1=O. The van der Waals surface area contributed by atoms with E-state index in [2.05, 4.69) is 17.2 Å². The lowest BCUT2D eigenvalue weighted by molar-refractivity contribution is -0.130. The molecule has 1 saturated heterocycles.